The molecule has 0 radical (unpaired) electrons. The fourth-order valence-corrected chi connectivity index (χ4v) is 3.41. The van der Waals surface area contributed by atoms with Gasteiger partial charge in [-0.2, -0.15) is 0 Å². The lowest BCUT2D eigenvalue weighted by Gasteiger charge is -2.15. The van der Waals surface area contributed by atoms with Crippen LogP contribution in [0.25, 0.3) is 11.0 Å². The summed E-state index contributed by atoms with van der Waals surface area (Å²) < 4.78 is 22.6. The number of aromatic amines is 1. The number of nitrogens with two attached hydrogens (primary N) is 1. The smallest absolute Gasteiger partial charge is 0.224 e. The highest BCUT2D eigenvalue weighted by molar-refractivity contribution is 7.89. The lowest BCUT2D eigenvalue weighted by atomic mass is 10.1. The molecule has 1 aliphatic rings. The predicted octanol–water partition coefficient (Wildman–Crippen LogP) is -0.00520. The number of carbonyl (C=O) groups excluding carboxylic acids is 1. The number of amides is 1. The van der Waals surface area contributed by atoms with Crippen LogP contribution < -0.4 is 5.14 Å². The Labute approximate surface area is 122 Å². The van der Waals surface area contributed by atoms with Crippen molar-refractivity contribution in [2.75, 3.05) is 13.1 Å². The molecular weight excluding hydrogens is 292 g/mol. The Hall–Kier alpha value is -1.93. The highest BCUT2D eigenvalue weighted by atomic mass is 32.2. The minimum Gasteiger partial charge on any atom is -0.346 e. The van der Waals surface area contributed by atoms with Crippen LogP contribution in [0.15, 0.2) is 24.5 Å². The topological polar surface area (TPSA) is 109 Å². The number of primary sulfonamides is 1. The Balaban J connectivity index is 1.70. The standard InChI is InChI=1S/C13H16N4O3S/c14-21(19,20)10-6-12(18)17(8-10)5-3-9-7-16-13-11(9)2-1-4-15-13/h1-2,4,7,10H,3,5-6,8H2,(H,15,16)(H2,14,19,20). The van der Waals surface area contributed by atoms with Gasteiger partial charge in [0.2, 0.25) is 15.9 Å². The Morgan fingerprint density at radius 1 is 1.48 bits per heavy atom. The summed E-state index contributed by atoms with van der Waals surface area (Å²) in [6.07, 6.45) is 4.21. The van der Waals surface area contributed by atoms with E-state index in [9.17, 15) is 13.2 Å². The van der Waals surface area contributed by atoms with Crippen LogP contribution in [0.5, 0.6) is 0 Å². The van der Waals surface area contributed by atoms with Gasteiger partial charge in [0.15, 0.2) is 0 Å². The zero-order valence-corrected chi connectivity index (χ0v) is 12.1. The molecule has 2 aromatic rings. The molecule has 0 bridgehead atoms. The number of H-pyrrole nitrogens is 1. The fourth-order valence-electron chi connectivity index (χ4n) is 2.65. The summed E-state index contributed by atoms with van der Waals surface area (Å²) in [5.41, 5.74) is 1.87. The largest absolute Gasteiger partial charge is 0.346 e. The highest BCUT2D eigenvalue weighted by Crippen LogP contribution is 2.20. The van der Waals surface area contributed by atoms with Crippen molar-refractivity contribution in [3.63, 3.8) is 0 Å². The lowest BCUT2D eigenvalue weighted by Crippen LogP contribution is -2.33. The summed E-state index contributed by atoms with van der Waals surface area (Å²) in [4.78, 5) is 20.7. The number of fused-ring (bicyclic) bond motifs is 1. The maximum Gasteiger partial charge on any atom is 0.224 e. The van der Waals surface area contributed by atoms with E-state index >= 15 is 0 Å². The van der Waals surface area contributed by atoms with E-state index in [1.54, 1.807) is 11.1 Å². The van der Waals surface area contributed by atoms with Gasteiger partial charge in [0.25, 0.3) is 0 Å². The van der Waals surface area contributed by atoms with Crippen LogP contribution in [-0.4, -0.2) is 47.5 Å². The number of rotatable bonds is 4. The Morgan fingerprint density at radius 3 is 3.00 bits per heavy atom. The third kappa shape index (κ3) is 2.77. The molecule has 1 aliphatic heterocycles. The van der Waals surface area contributed by atoms with Gasteiger partial charge in [0, 0.05) is 37.3 Å². The average molecular weight is 308 g/mol. The first-order valence-corrected chi connectivity index (χ1v) is 8.26. The number of nitrogens with zero attached hydrogens (tertiary/aromatic N) is 2. The van der Waals surface area contributed by atoms with Crippen LogP contribution in [0.1, 0.15) is 12.0 Å². The van der Waals surface area contributed by atoms with Crippen molar-refractivity contribution >= 4 is 27.0 Å². The number of carbonyl (C=O) groups is 1. The molecule has 1 amide bonds. The maximum absolute atomic E-state index is 11.8. The van der Waals surface area contributed by atoms with E-state index in [-0.39, 0.29) is 18.9 Å². The molecule has 1 fully saturated rings. The minimum absolute atomic E-state index is 0.0196. The van der Waals surface area contributed by atoms with Gasteiger partial charge in [0.05, 0.1) is 0 Å². The lowest BCUT2D eigenvalue weighted by molar-refractivity contribution is -0.127. The molecule has 2 aromatic heterocycles. The van der Waals surface area contributed by atoms with Gasteiger partial charge in [-0.1, -0.05) is 0 Å². The molecule has 0 aliphatic carbocycles. The molecule has 21 heavy (non-hydrogen) atoms. The summed E-state index contributed by atoms with van der Waals surface area (Å²) in [6, 6.07) is 3.82. The van der Waals surface area contributed by atoms with Gasteiger partial charge in [-0.05, 0) is 24.1 Å². The van der Waals surface area contributed by atoms with Crippen molar-refractivity contribution in [2.24, 2.45) is 5.14 Å². The second-order valence-corrected chi connectivity index (χ2v) is 7.06. The molecule has 7 nitrogen and oxygen atoms in total. The van der Waals surface area contributed by atoms with E-state index in [4.69, 9.17) is 5.14 Å². The summed E-state index contributed by atoms with van der Waals surface area (Å²) >= 11 is 0. The van der Waals surface area contributed by atoms with Crippen LogP contribution in [0, 0.1) is 0 Å². The number of aromatic nitrogens is 2. The van der Waals surface area contributed by atoms with E-state index in [2.05, 4.69) is 9.97 Å². The molecule has 3 rings (SSSR count). The first kappa shape index (κ1) is 14.0. The predicted molar refractivity (Wildman–Crippen MR) is 77.9 cm³/mol. The van der Waals surface area contributed by atoms with Crippen LogP contribution in [0.2, 0.25) is 0 Å². The van der Waals surface area contributed by atoms with Crippen molar-refractivity contribution in [2.45, 2.75) is 18.1 Å². The van der Waals surface area contributed by atoms with Gasteiger partial charge in [0.1, 0.15) is 10.9 Å². The molecule has 0 spiro atoms. The van der Waals surface area contributed by atoms with Gasteiger partial charge in [-0.25, -0.2) is 18.5 Å². The SMILES string of the molecule is NS(=O)(=O)C1CC(=O)N(CCc2c[nH]c3ncccc23)C1. The Kier molecular flexibility index (Phi) is 3.42. The second kappa shape index (κ2) is 5.12. The number of nitrogens with one attached hydrogen (secondary N) is 1. The summed E-state index contributed by atoms with van der Waals surface area (Å²) in [5.74, 6) is -0.160. The maximum atomic E-state index is 11.8. The molecule has 0 saturated carbocycles. The molecule has 3 heterocycles. The monoisotopic (exact) mass is 308 g/mol. The molecule has 112 valence electrons. The van der Waals surface area contributed by atoms with Gasteiger partial charge < -0.3 is 9.88 Å². The third-order valence-electron chi connectivity index (χ3n) is 3.83. The van der Waals surface area contributed by atoms with Crippen LogP contribution in [0.4, 0.5) is 0 Å². The van der Waals surface area contributed by atoms with Crippen LogP contribution in [-0.2, 0) is 21.2 Å². The number of pyridine rings is 1. The van der Waals surface area contributed by atoms with E-state index < -0.39 is 15.3 Å². The first-order chi connectivity index (χ1) is 9.95. The van der Waals surface area contributed by atoms with E-state index in [1.807, 2.05) is 18.3 Å². The second-order valence-electron chi connectivity index (χ2n) is 5.22. The molecule has 1 unspecified atom stereocenters. The van der Waals surface area contributed by atoms with Crippen molar-refractivity contribution in [1.29, 1.82) is 0 Å². The van der Waals surface area contributed by atoms with Crippen molar-refractivity contribution < 1.29 is 13.2 Å². The van der Waals surface area contributed by atoms with E-state index in [1.165, 1.54) is 0 Å². The Bertz CT molecular complexity index is 784. The van der Waals surface area contributed by atoms with E-state index in [0.717, 1.165) is 16.6 Å². The zero-order valence-electron chi connectivity index (χ0n) is 11.3. The van der Waals surface area contributed by atoms with Crippen molar-refractivity contribution in [3.05, 3.63) is 30.1 Å². The van der Waals surface area contributed by atoms with Gasteiger partial charge in [-0.15, -0.1) is 0 Å². The third-order valence-corrected chi connectivity index (χ3v) is 5.08. The van der Waals surface area contributed by atoms with Crippen LogP contribution in [0.3, 0.4) is 0 Å². The molecule has 1 atom stereocenters. The number of sulfonamides is 1. The fraction of sp³-hybridized carbons (Fsp3) is 0.385. The summed E-state index contributed by atoms with van der Waals surface area (Å²) in [5, 5.41) is 5.35. The van der Waals surface area contributed by atoms with Gasteiger partial charge >= 0.3 is 0 Å². The first-order valence-electron chi connectivity index (χ1n) is 6.65. The summed E-state index contributed by atoms with van der Waals surface area (Å²) in [7, 11) is -3.65. The molecule has 1 saturated heterocycles. The van der Waals surface area contributed by atoms with E-state index in [0.29, 0.717) is 13.0 Å². The molecule has 0 aromatic carbocycles. The Morgan fingerprint density at radius 2 is 2.29 bits per heavy atom. The number of hydrogen-bond acceptors (Lipinski definition) is 4. The number of likely N-dealkylation sites (tertiary alicyclic amines) is 1. The highest BCUT2D eigenvalue weighted by Gasteiger charge is 2.36. The molecule has 8 heteroatoms. The van der Waals surface area contributed by atoms with Gasteiger partial charge in [-0.3, -0.25) is 4.79 Å². The van der Waals surface area contributed by atoms with Crippen molar-refractivity contribution in [1.82, 2.24) is 14.9 Å². The van der Waals surface area contributed by atoms with Crippen molar-refractivity contribution in [3.8, 4) is 0 Å². The zero-order chi connectivity index (χ0) is 15.0. The van der Waals surface area contributed by atoms with Crippen LogP contribution >= 0.6 is 0 Å². The number of hydrogen-bond donors (Lipinski definition) is 2. The molecule has 3 N–H and O–H groups in total. The summed E-state index contributed by atoms with van der Waals surface area (Å²) in [6.45, 7) is 0.658. The molecular formula is C13H16N4O3S. The average Bonchev–Trinajstić information content (AvgIpc) is 3.00. The normalized spacial score (nSPS) is 19.6. The quantitative estimate of drug-likeness (QED) is 0.828. The minimum atomic E-state index is -3.65.